The van der Waals surface area contributed by atoms with Crippen LogP contribution in [0.2, 0.25) is 0 Å². The molecule has 2 amide bonds. The Bertz CT molecular complexity index is 1190. The number of carbonyl (C=O) groups excluding carboxylic acids is 2. The zero-order valence-corrected chi connectivity index (χ0v) is 18.9. The van der Waals surface area contributed by atoms with E-state index in [0.717, 1.165) is 22.3 Å². The molecule has 0 fully saturated rings. The molecule has 9 nitrogen and oxygen atoms in total. The molecule has 1 atom stereocenters. The number of hydrogen-bond donors (Lipinski definition) is 3. The third-order valence-electron chi connectivity index (χ3n) is 5.82. The van der Waals surface area contributed by atoms with E-state index in [-0.39, 0.29) is 30.3 Å². The molecule has 34 heavy (non-hydrogen) atoms. The van der Waals surface area contributed by atoms with Gasteiger partial charge in [0.05, 0.1) is 0 Å². The van der Waals surface area contributed by atoms with E-state index in [2.05, 4.69) is 27.9 Å². The number of hydrogen-bond acceptors (Lipinski definition) is 5. The predicted molar refractivity (Wildman–Crippen MR) is 126 cm³/mol. The minimum absolute atomic E-state index is 0.00198. The maximum absolute atomic E-state index is 12.7. The second kappa shape index (κ2) is 9.78. The number of rotatable bonds is 8. The Kier molecular flexibility index (Phi) is 6.62. The molecule has 0 aliphatic heterocycles. The van der Waals surface area contributed by atoms with Gasteiger partial charge in [-0.1, -0.05) is 61.9 Å². The van der Waals surface area contributed by atoms with Crippen LogP contribution < -0.4 is 10.6 Å². The summed E-state index contributed by atoms with van der Waals surface area (Å²) < 4.78 is 6.89. The Labute approximate surface area is 196 Å². The Hall–Kier alpha value is -4.14. The standard InChI is InChI=1S/C25H26N4O5/c1-3-8-21(24(31)32)26-23(30)19-13-29(2)28-22(19)27-25(33)34-14-20-17-11-6-4-9-15(17)16-10-5-7-12-18(16)20/h4-7,9-13,20-21H,3,8,14H2,1-2H3,(H,26,30)(H,31,32)(H,27,28,33). The summed E-state index contributed by atoms with van der Waals surface area (Å²) in [6.45, 7) is 1.95. The minimum atomic E-state index is -1.12. The fourth-order valence-electron chi connectivity index (χ4n) is 4.26. The lowest BCUT2D eigenvalue weighted by atomic mass is 9.98. The Morgan fingerprint density at radius 2 is 1.71 bits per heavy atom. The van der Waals surface area contributed by atoms with Crippen LogP contribution in [0.15, 0.2) is 54.7 Å². The first-order valence-corrected chi connectivity index (χ1v) is 11.1. The number of anilines is 1. The number of carboxylic acid groups (broad SMARTS) is 1. The number of aromatic nitrogens is 2. The first-order chi connectivity index (χ1) is 16.4. The van der Waals surface area contributed by atoms with E-state index >= 15 is 0 Å². The highest BCUT2D eigenvalue weighted by Crippen LogP contribution is 2.44. The zero-order valence-electron chi connectivity index (χ0n) is 18.9. The fraction of sp³-hybridized carbons (Fsp3) is 0.280. The van der Waals surface area contributed by atoms with Crippen molar-refractivity contribution in [2.45, 2.75) is 31.7 Å². The van der Waals surface area contributed by atoms with E-state index in [9.17, 15) is 19.5 Å². The summed E-state index contributed by atoms with van der Waals surface area (Å²) in [5, 5.41) is 18.4. The summed E-state index contributed by atoms with van der Waals surface area (Å²) in [5.41, 5.74) is 4.47. The number of aryl methyl sites for hydroxylation is 1. The van der Waals surface area contributed by atoms with E-state index in [1.807, 2.05) is 43.3 Å². The smallest absolute Gasteiger partial charge is 0.412 e. The quantitative estimate of drug-likeness (QED) is 0.468. The number of fused-ring (bicyclic) bond motifs is 3. The maximum Gasteiger partial charge on any atom is 0.412 e. The molecule has 1 aliphatic rings. The van der Waals surface area contributed by atoms with Crippen molar-refractivity contribution in [1.82, 2.24) is 15.1 Å². The molecule has 1 aliphatic carbocycles. The van der Waals surface area contributed by atoms with Crippen LogP contribution in [0.25, 0.3) is 11.1 Å². The Balaban J connectivity index is 1.45. The average molecular weight is 463 g/mol. The van der Waals surface area contributed by atoms with E-state index in [1.54, 1.807) is 7.05 Å². The highest BCUT2D eigenvalue weighted by atomic mass is 16.5. The molecule has 1 heterocycles. The summed E-state index contributed by atoms with van der Waals surface area (Å²) >= 11 is 0. The number of amides is 2. The second-order valence-electron chi connectivity index (χ2n) is 8.17. The number of ether oxygens (including phenoxy) is 1. The van der Waals surface area contributed by atoms with Crippen molar-refractivity contribution < 1.29 is 24.2 Å². The van der Waals surface area contributed by atoms with Crippen LogP contribution in [0.3, 0.4) is 0 Å². The van der Waals surface area contributed by atoms with Crippen LogP contribution in [0.4, 0.5) is 10.6 Å². The van der Waals surface area contributed by atoms with Crippen LogP contribution in [0.5, 0.6) is 0 Å². The lowest BCUT2D eigenvalue weighted by molar-refractivity contribution is -0.139. The molecule has 1 unspecified atom stereocenters. The molecule has 4 rings (SSSR count). The number of benzene rings is 2. The normalized spacial score (nSPS) is 13.0. The van der Waals surface area contributed by atoms with Gasteiger partial charge < -0.3 is 15.2 Å². The molecule has 9 heteroatoms. The second-order valence-corrected chi connectivity index (χ2v) is 8.17. The van der Waals surface area contributed by atoms with Gasteiger partial charge in [0.2, 0.25) is 0 Å². The van der Waals surface area contributed by atoms with Crippen LogP contribution in [-0.2, 0) is 16.6 Å². The largest absolute Gasteiger partial charge is 0.480 e. The monoisotopic (exact) mass is 462 g/mol. The summed E-state index contributed by atoms with van der Waals surface area (Å²) in [7, 11) is 1.60. The summed E-state index contributed by atoms with van der Waals surface area (Å²) in [6.07, 6.45) is 1.54. The van der Waals surface area contributed by atoms with Crippen molar-refractivity contribution in [3.05, 3.63) is 71.4 Å². The number of aliphatic carboxylic acids is 1. The van der Waals surface area contributed by atoms with Crippen LogP contribution >= 0.6 is 0 Å². The average Bonchev–Trinajstić information content (AvgIpc) is 3.34. The number of carboxylic acids is 1. The highest BCUT2D eigenvalue weighted by molar-refractivity contribution is 6.02. The van der Waals surface area contributed by atoms with E-state index in [1.165, 1.54) is 10.9 Å². The van der Waals surface area contributed by atoms with Gasteiger partial charge in [-0.2, -0.15) is 5.10 Å². The van der Waals surface area contributed by atoms with Gasteiger partial charge in [-0.3, -0.25) is 14.8 Å². The predicted octanol–water partition coefficient (Wildman–Crippen LogP) is 3.76. The molecular formula is C25H26N4O5. The Morgan fingerprint density at radius 3 is 2.29 bits per heavy atom. The lowest BCUT2D eigenvalue weighted by Gasteiger charge is -2.15. The number of nitrogens with one attached hydrogen (secondary N) is 2. The van der Waals surface area contributed by atoms with Gasteiger partial charge in [0, 0.05) is 19.2 Å². The molecular weight excluding hydrogens is 436 g/mol. The molecule has 2 aromatic carbocycles. The molecule has 3 N–H and O–H groups in total. The molecule has 0 radical (unpaired) electrons. The highest BCUT2D eigenvalue weighted by Gasteiger charge is 2.29. The fourth-order valence-corrected chi connectivity index (χ4v) is 4.26. The summed E-state index contributed by atoms with van der Waals surface area (Å²) in [4.78, 5) is 36.7. The van der Waals surface area contributed by atoms with Gasteiger partial charge in [0.25, 0.3) is 5.91 Å². The third kappa shape index (κ3) is 4.63. The van der Waals surface area contributed by atoms with Gasteiger partial charge >= 0.3 is 12.1 Å². The van der Waals surface area contributed by atoms with E-state index < -0.39 is 24.0 Å². The van der Waals surface area contributed by atoms with Gasteiger partial charge in [-0.15, -0.1) is 0 Å². The van der Waals surface area contributed by atoms with Gasteiger partial charge in [0.15, 0.2) is 5.82 Å². The minimum Gasteiger partial charge on any atom is -0.480 e. The number of nitrogens with zero attached hydrogens (tertiary/aromatic N) is 2. The molecule has 1 aromatic heterocycles. The van der Waals surface area contributed by atoms with Crippen molar-refractivity contribution >= 4 is 23.8 Å². The molecule has 0 spiro atoms. The van der Waals surface area contributed by atoms with Crippen molar-refractivity contribution in [2.24, 2.45) is 7.05 Å². The Morgan fingerprint density at radius 1 is 1.09 bits per heavy atom. The van der Waals surface area contributed by atoms with Crippen molar-refractivity contribution in [3.63, 3.8) is 0 Å². The first-order valence-electron chi connectivity index (χ1n) is 11.1. The van der Waals surface area contributed by atoms with Crippen molar-refractivity contribution in [1.29, 1.82) is 0 Å². The van der Waals surface area contributed by atoms with Crippen molar-refractivity contribution in [3.8, 4) is 11.1 Å². The third-order valence-corrected chi connectivity index (χ3v) is 5.82. The number of carbonyl (C=O) groups is 3. The molecule has 176 valence electrons. The molecule has 3 aromatic rings. The van der Waals surface area contributed by atoms with Gasteiger partial charge in [0.1, 0.15) is 18.2 Å². The van der Waals surface area contributed by atoms with Crippen LogP contribution in [0.1, 0.15) is 47.2 Å². The van der Waals surface area contributed by atoms with Crippen LogP contribution in [-0.4, -0.2) is 45.5 Å². The lowest BCUT2D eigenvalue weighted by Crippen LogP contribution is -2.40. The zero-order chi connectivity index (χ0) is 24.2. The summed E-state index contributed by atoms with van der Waals surface area (Å²) in [5.74, 6) is -1.86. The van der Waals surface area contributed by atoms with Gasteiger partial charge in [-0.25, -0.2) is 9.59 Å². The van der Waals surface area contributed by atoms with E-state index in [4.69, 9.17) is 4.74 Å². The molecule has 0 saturated carbocycles. The van der Waals surface area contributed by atoms with Crippen LogP contribution in [0, 0.1) is 0 Å². The molecule has 0 bridgehead atoms. The maximum atomic E-state index is 12.7. The topological polar surface area (TPSA) is 123 Å². The SMILES string of the molecule is CCCC(NC(=O)c1cn(C)nc1NC(=O)OCC1c2ccccc2-c2ccccc21)C(=O)O. The first kappa shape index (κ1) is 23.0. The van der Waals surface area contributed by atoms with Crippen molar-refractivity contribution in [2.75, 3.05) is 11.9 Å². The van der Waals surface area contributed by atoms with Gasteiger partial charge in [-0.05, 0) is 28.7 Å². The summed E-state index contributed by atoms with van der Waals surface area (Å²) in [6, 6.07) is 15.0. The molecule has 0 saturated heterocycles. The van der Waals surface area contributed by atoms with E-state index in [0.29, 0.717) is 6.42 Å².